The molecule has 2 aromatic heterocycles. The van der Waals surface area contributed by atoms with E-state index in [0.29, 0.717) is 0 Å². The second kappa shape index (κ2) is 11.5. The predicted molar refractivity (Wildman–Crippen MR) is 211 cm³/mol. The number of benzene rings is 8. The van der Waals surface area contributed by atoms with E-state index in [1.165, 1.54) is 77.0 Å². The Labute approximate surface area is 290 Å². The zero-order valence-corrected chi connectivity index (χ0v) is 27.4. The van der Waals surface area contributed by atoms with E-state index in [1.807, 2.05) is 0 Å². The number of hydrogen-bond donors (Lipinski definition) is 0. The zero-order valence-electron chi connectivity index (χ0n) is 27.4. The molecule has 10 rings (SSSR count). The van der Waals surface area contributed by atoms with Crippen molar-refractivity contribution in [2.45, 2.75) is 0 Å². The summed E-state index contributed by atoms with van der Waals surface area (Å²) in [5, 5.41) is 4.99. The molecule has 0 saturated heterocycles. The van der Waals surface area contributed by atoms with Gasteiger partial charge in [-0.15, -0.1) is 0 Å². The summed E-state index contributed by atoms with van der Waals surface area (Å²) in [5.74, 6) is 0. The van der Waals surface area contributed by atoms with E-state index in [0.717, 1.165) is 11.4 Å². The van der Waals surface area contributed by atoms with Crippen molar-refractivity contribution in [2.24, 2.45) is 0 Å². The summed E-state index contributed by atoms with van der Waals surface area (Å²) in [5.41, 5.74) is 14.4. The van der Waals surface area contributed by atoms with E-state index < -0.39 is 0 Å². The van der Waals surface area contributed by atoms with Crippen LogP contribution in [0.25, 0.3) is 88.4 Å². The Balaban J connectivity index is 1.29. The summed E-state index contributed by atoms with van der Waals surface area (Å²) in [6, 6.07) is 70.4. The summed E-state index contributed by atoms with van der Waals surface area (Å²) in [6.07, 6.45) is 0. The van der Waals surface area contributed by atoms with Gasteiger partial charge in [0.05, 0.1) is 22.1 Å². The van der Waals surface area contributed by atoms with E-state index in [1.54, 1.807) is 0 Å². The first-order chi connectivity index (χ1) is 24.8. The summed E-state index contributed by atoms with van der Waals surface area (Å²) in [6.45, 7) is 0. The van der Waals surface area contributed by atoms with Crippen LogP contribution in [0.3, 0.4) is 0 Å². The third-order valence-corrected chi connectivity index (χ3v) is 10.1. The molecule has 2 heterocycles. The number of fused-ring (bicyclic) bond motifs is 7. The average Bonchev–Trinajstić information content (AvgIpc) is 3.71. The molecular formula is C48H32N2. The summed E-state index contributed by atoms with van der Waals surface area (Å²) < 4.78 is 4.90. The molecule has 0 aliphatic carbocycles. The fourth-order valence-corrected chi connectivity index (χ4v) is 7.83. The first-order valence-corrected chi connectivity index (χ1v) is 17.2. The molecular weight excluding hydrogens is 605 g/mol. The van der Waals surface area contributed by atoms with Crippen molar-refractivity contribution in [1.29, 1.82) is 0 Å². The minimum atomic E-state index is 1.15. The van der Waals surface area contributed by atoms with Crippen LogP contribution in [0.1, 0.15) is 0 Å². The molecule has 2 heteroatoms. The van der Waals surface area contributed by atoms with Gasteiger partial charge in [-0.1, -0.05) is 140 Å². The Hall–Kier alpha value is -6.64. The van der Waals surface area contributed by atoms with Crippen LogP contribution in [-0.2, 0) is 0 Å². The number of aromatic nitrogens is 2. The molecule has 0 bridgehead atoms. The van der Waals surface area contributed by atoms with Gasteiger partial charge < -0.3 is 9.13 Å². The van der Waals surface area contributed by atoms with Crippen molar-refractivity contribution in [3.05, 3.63) is 194 Å². The molecule has 2 nitrogen and oxygen atoms in total. The third-order valence-electron chi connectivity index (χ3n) is 10.1. The summed E-state index contributed by atoms with van der Waals surface area (Å²) >= 11 is 0. The molecule has 0 aliphatic rings. The lowest BCUT2D eigenvalue weighted by Gasteiger charge is -2.12. The quantitative estimate of drug-likeness (QED) is 0.178. The Morgan fingerprint density at radius 3 is 1.52 bits per heavy atom. The maximum atomic E-state index is 2.49. The van der Waals surface area contributed by atoms with Gasteiger partial charge >= 0.3 is 0 Å². The highest BCUT2D eigenvalue weighted by atomic mass is 15.0. The van der Waals surface area contributed by atoms with Crippen LogP contribution in [-0.4, -0.2) is 9.13 Å². The average molecular weight is 637 g/mol. The van der Waals surface area contributed by atoms with Crippen LogP contribution in [0, 0.1) is 0 Å². The SMILES string of the molecule is c1ccc(-c2cccc(-c3ccc4c(c3)c3ccc5c(c6ccccc6n5-c5ccccc5)c3n4-c3cccc(-c4ccccc4)c3)c2)cc1. The van der Waals surface area contributed by atoms with Crippen molar-refractivity contribution in [1.82, 2.24) is 9.13 Å². The summed E-state index contributed by atoms with van der Waals surface area (Å²) in [4.78, 5) is 0. The molecule has 0 N–H and O–H groups in total. The Morgan fingerprint density at radius 1 is 0.260 bits per heavy atom. The lowest BCUT2D eigenvalue weighted by molar-refractivity contribution is 1.17. The Bertz CT molecular complexity index is 2840. The van der Waals surface area contributed by atoms with Crippen LogP contribution >= 0.6 is 0 Å². The van der Waals surface area contributed by atoms with Gasteiger partial charge in [-0.2, -0.15) is 0 Å². The second-order valence-electron chi connectivity index (χ2n) is 13.0. The molecule has 0 amide bonds. The molecule has 234 valence electrons. The van der Waals surface area contributed by atoms with E-state index in [9.17, 15) is 0 Å². The molecule has 50 heavy (non-hydrogen) atoms. The van der Waals surface area contributed by atoms with Gasteiger partial charge in [-0.3, -0.25) is 0 Å². The highest BCUT2D eigenvalue weighted by Gasteiger charge is 2.21. The van der Waals surface area contributed by atoms with Crippen molar-refractivity contribution in [3.63, 3.8) is 0 Å². The van der Waals surface area contributed by atoms with Crippen LogP contribution in [0.15, 0.2) is 194 Å². The molecule has 8 aromatic carbocycles. The monoisotopic (exact) mass is 636 g/mol. The zero-order chi connectivity index (χ0) is 33.0. The van der Waals surface area contributed by atoms with Gasteiger partial charge in [0.1, 0.15) is 0 Å². The molecule has 0 atom stereocenters. The third kappa shape index (κ3) is 4.50. The highest BCUT2D eigenvalue weighted by molar-refractivity contribution is 6.26. The first-order valence-electron chi connectivity index (χ1n) is 17.2. The Kier molecular flexibility index (Phi) is 6.53. The maximum Gasteiger partial charge on any atom is 0.0641 e. The largest absolute Gasteiger partial charge is 0.309 e. The number of para-hydroxylation sites is 2. The molecule has 0 spiro atoms. The topological polar surface area (TPSA) is 9.86 Å². The van der Waals surface area contributed by atoms with Gasteiger partial charge in [0.2, 0.25) is 0 Å². The van der Waals surface area contributed by atoms with Crippen LogP contribution in [0.2, 0.25) is 0 Å². The van der Waals surface area contributed by atoms with E-state index >= 15 is 0 Å². The molecule has 0 fully saturated rings. The smallest absolute Gasteiger partial charge is 0.0641 e. The second-order valence-corrected chi connectivity index (χ2v) is 13.0. The lowest BCUT2D eigenvalue weighted by atomic mass is 9.98. The summed E-state index contributed by atoms with van der Waals surface area (Å²) in [7, 11) is 0. The van der Waals surface area contributed by atoms with Gasteiger partial charge in [0.15, 0.2) is 0 Å². The standard InChI is InChI=1S/C48H32N2/c1-4-14-33(15-5-1)35-18-12-19-36(30-35)38-26-28-45-43(32-38)41-27-29-46-47(42-24-10-11-25-44(42)49(46)39-21-8-3-9-22-39)48(41)50(45)40-23-13-20-37(31-40)34-16-6-2-7-17-34/h1-32H. The van der Waals surface area contributed by atoms with Gasteiger partial charge in [0, 0.05) is 32.9 Å². The minimum Gasteiger partial charge on any atom is -0.309 e. The van der Waals surface area contributed by atoms with Gasteiger partial charge in [-0.05, 0) is 88.0 Å². The minimum absolute atomic E-state index is 1.15. The number of rotatable bonds is 5. The fourth-order valence-electron chi connectivity index (χ4n) is 7.83. The van der Waals surface area contributed by atoms with Crippen LogP contribution in [0.5, 0.6) is 0 Å². The molecule has 0 aliphatic heterocycles. The Morgan fingerprint density at radius 2 is 0.780 bits per heavy atom. The van der Waals surface area contributed by atoms with Gasteiger partial charge in [-0.25, -0.2) is 0 Å². The highest BCUT2D eigenvalue weighted by Crippen LogP contribution is 2.43. The normalized spacial score (nSPS) is 11.6. The predicted octanol–water partition coefficient (Wildman–Crippen LogP) is 12.9. The van der Waals surface area contributed by atoms with Crippen LogP contribution < -0.4 is 0 Å². The van der Waals surface area contributed by atoms with Crippen molar-refractivity contribution < 1.29 is 0 Å². The maximum absolute atomic E-state index is 2.49. The van der Waals surface area contributed by atoms with Crippen molar-refractivity contribution >= 4 is 43.6 Å². The molecule has 0 radical (unpaired) electrons. The lowest BCUT2D eigenvalue weighted by Crippen LogP contribution is -1.96. The van der Waals surface area contributed by atoms with Crippen LogP contribution in [0.4, 0.5) is 0 Å². The number of nitrogens with zero attached hydrogens (tertiary/aromatic N) is 2. The fraction of sp³-hybridized carbons (Fsp3) is 0. The van der Waals surface area contributed by atoms with Gasteiger partial charge in [0.25, 0.3) is 0 Å². The molecule has 10 aromatic rings. The van der Waals surface area contributed by atoms with E-state index in [-0.39, 0.29) is 0 Å². The van der Waals surface area contributed by atoms with E-state index in [4.69, 9.17) is 0 Å². The molecule has 0 saturated carbocycles. The first kappa shape index (κ1) is 28.4. The van der Waals surface area contributed by atoms with Crippen molar-refractivity contribution in [3.8, 4) is 44.8 Å². The molecule has 0 unspecified atom stereocenters. The van der Waals surface area contributed by atoms with Crippen molar-refractivity contribution in [2.75, 3.05) is 0 Å². The van der Waals surface area contributed by atoms with E-state index in [2.05, 4.69) is 203 Å². The number of hydrogen-bond acceptors (Lipinski definition) is 0.